The number of rotatable bonds is 6. The standard InChI is InChI=1S/C17H16N4O2S/c22-24(23,12-9-15-5-2-1-3-6-15)20-14-16-7-8-17(18-13-16)21-11-4-10-19-21/h1-13,20H,14H2/b12-9+. The van der Waals surface area contributed by atoms with Crippen LogP contribution in [0.2, 0.25) is 0 Å². The smallest absolute Gasteiger partial charge is 0.234 e. The highest BCUT2D eigenvalue weighted by atomic mass is 32.2. The number of sulfonamides is 1. The van der Waals surface area contributed by atoms with E-state index >= 15 is 0 Å². The monoisotopic (exact) mass is 340 g/mol. The van der Waals surface area contributed by atoms with Crippen LogP contribution < -0.4 is 4.72 Å². The van der Waals surface area contributed by atoms with Crippen LogP contribution in [0.4, 0.5) is 0 Å². The molecule has 2 aromatic heterocycles. The van der Waals surface area contributed by atoms with E-state index in [1.807, 2.05) is 42.5 Å². The Hall–Kier alpha value is -2.77. The first-order valence-corrected chi connectivity index (χ1v) is 8.85. The van der Waals surface area contributed by atoms with Gasteiger partial charge < -0.3 is 0 Å². The molecule has 7 heteroatoms. The second kappa shape index (κ2) is 7.20. The van der Waals surface area contributed by atoms with Crippen LogP contribution in [0.3, 0.4) is 0 Å². The first kappa shape index (κ1) is 16.1. The Morgan fingerprint density at radius 1 is 1.08 bits per heavy atom. The average molecular weight is 340 g/mol. The number of hydrogen-bond acceptors (Lipinski definition) is 4. The molecule has 122 valence electrons. The molecule has 0 aliphatic heterocycles. The molecule has 0 saturated heterocycles. The molecule has 1 aromatic carbocycles. The highest BCUT2D eigenvalue weighted by Crippen LogP contribution is 2.06. The summed E-state index contributed by atoms with van der Waals surface area (Å²) in [6.07, 6.45) is 6.64. The Morgan fingerprint density at radius 3 is 2.58 bits per heavy atom. The van der Waals surface area contributed by atoms with Gasteiger partial charge in [-0.2, -0.15) is 5.10 Å². The van der Waals surface area contributed by atoms with Crippen LogP contribution in [-0.2, 0) is 16.6 Å². The van der Waals surface area contributed by atoms with Crippen molar-refractivity contribution >= 4 is 16.1 Å². The summed E-state index contributed by atoms with van der Waals surface area (Å²) in [7, 11) is -3.51. The third kappa shape index (κ3) is 4.37. The minimum absolute atomic E-state index is 0.174. The van der Waals surface area contributed by atoms with Gasteiger partial charge in [-0.15, -0.1) is 0 Å². The zero-order chi connectivity index (χ0) is 16.8. The van der Waals surface area contributed by atoms with Gasteiger partial charge in [0.15, 0.2) is 5.82 Å². The van der Waals surface area contributed by atoms with E-state index in [0.717, 1.165) is 16.5 Å². The molecule has 0 unspecified atom stereocenters. The van der Waals surface area contributed by atoms with Gasteiger partial charge in [-0.05, 0) is 29.3 Å². The number of hydrogen-bond donors (Lipinski definition) is 1. The molecule has 2 heterocycles. The molecule has 0 spiro atoms. The third-order valence-corrected chi connectivity index (χ3v) is 4.31. The molecule has 0 bridgehead atoms. The first-order chi connectivity index (χ1) is 11.6. The van der Waals surface area contributed by atoms with Crippen LogP contribution in [-0.4, -0.2) is 23.2 Å². The van der Waals surface area contributed by atoms with Crippen molar-refractivity contribution in [2.24, 2.45) is 0 Å². The van der Waals surface area contributed by atoms with Gasteiger partial charge in [0.05, 0.1) is 0 Å². The predicted molar refractivity (Wildman–Crippen MR) is 92.6 cm³/mol. The maximum absolute atomic E-state index is 12.0. The minimum Gasteiger partial charge on any atom is -0.237 e. The second-order valence-electron chi connectivity index (χ2n) is 5.05. The van der Waals surface area contributed by atoms with Crippen molar-refractivity contribution in [2.45, 2.75) is 6.54 Å². The van der Waals surface area contributed by atoms with Gasteiger partial charge in [0.2, 0.25) is 10.0 Å². The quantitative estimate of drug-likeness (QED) is 0.747. The van der Waals surface area contributed by atoms with Crippen molar-refractivity contribution in [3.05, 3.63) is 83.7 Å². The van der Waals surface area contributed by atoms with Crippen molar-refractivity contribution in [3.8, 4) is 5.82 Å². The largest absolute Gasteiger partial charge is 0.237 e. The summed E-state index contributed by atoms with van der Waals surface area (Å²) < 4.78 is 28.2. The van der Waals surface area contributed by atoms with Gasteiger partial charge in [-0.25, -0.2) is 22.8 Å². The zero-order valence-corrected chi connectivity index (χ0v) is 13.6. The van der Waals surface area contributed by atoms with E-state index in [2.05, 4.69) is 14.8 Å². The second-order valence-corrected chi connectivity index (χ2v) is 6.71. The minimum atomic E-state index is -3.51. The van der Waals surface area contributed by atoms with Crippen LogP contribution >= 0.6 is 0 Å². The molecule has 0 amide bonds. The molecule has 0 atom stereocenters. The Kier molecular flexibility index (Phi) is 4.83. The molecule has 0 aliphatic carbocycles. The summed E-state index contributed by atoms with van der Waals surface area (Å²) in [6, 6.07) is 14.7. The van der Waals surface area contributed by atoms with Gasteiger partial charge in [-0.1, -0.05) is 36.4 Å². The van der Waals surface area contributed by atoms with E-state index in [1.54, 1.807) is 35.4 Å². The Labute approximate surface area is 140 Å². The lowest BCUT2D eigenvalue weighted by Gasteiger charge is -2.05. The highest BCUT2D eigenvalue weighted by Gasteiger charge is 2.06. The third-order valence-electron chi connectivity index (χ3n) is 3.26. The maximum atomic E-state index is 12.0. The molecule has 0 aliphatic rings. The van der Waals surface area contributed by atoms with E-state index < -0.39 is 10.0 Å². The number of nitrogens with one attached hydrogen (secondary N) is 1. The van der Waals surface area contributed by atoms with Crippen molar-refractivity contribution in [1.29, 1.82) is 0 Å². The summed E-state index contributed by atoms with van der Waals surface area (Å²) in [5, 5.41) is 5.25. The average Bonchev–Trinajstić information content (AvgIpc) is 3.15. The van der Waals surface area contributed by atoms with Gasteiger partial charge >= 0.3 is 0 Å². The fraction of sp³-hybridized carbons (Fsp3) is 0.0588. The predicted octanol–water partition coefficient (Wildman–Crippen LogP) is 2.36. The van der Waals surface area contributed by atoms with Gasteiger partial charge in [0.1, 0.15) is 0 Å². The van der Waals surface area contributed by atoms with Gasteiger partial charge in [0, 0.05) is 30.5 Å². The fourth-order valence-corrected chi connectivity index (χ4v) is 2.83. The van der Waals surface area contributed by atoms with Crippen LogP contribution in [0, 0.1) is 0 Å². The summed E-state index contributed by atoms with van der Waals surface area (Å²) in [5.74, 6) is 0.676. The van der Waals surface area contributed by atoms with Crippen molar-refractivity contribution < 1.29 is 8.42 Å². The normalized spacial score (nSPS) is 11.8. The lowest BCUT2D eigenvalue weighted by atomic mass is 10.2. The van der Waals surface area contributed by atoms with Crippen molar-refractivity contribution in [3.63, 3.8) is 0 Å². The van der Waals surface area contributed by atoms with Crippen LogP contribution in [0.25, 0.3) is 11.9 Å². The SMILES string of the molecule is O=S(=O)(/C=C/c1ccccc1)NCc1ccc(-n2cccn2)nc1. The number of nitrogens with zero attached hydrogens (tertiary/aromatic N) is 3. The Balaban J connectivity index is 1.61. The van der Waals surface area contributed by atoms with Crippen LogP contribution in [0.5, 0.6) is 0 Å². The van der Waals surface area contributed by atoms with Gasteiger partial charge in [-0.3, -0.25) is 0 Å². The summed E-state index contributed by atoms with van der Waals surface area (Å²) >= 11 is 0. The molecule has 1 N–H and O–H groups in total. The molecule has 24 heavy (non-hydrogen) atoms. The molecule has 0 radical (unpaired) electrons. The van der Waals surface area contributed by atoms with E-state index in [-0.39, 0.29) is 6.54 Å². The zero-order valence-electron chi connectivity index (χ0n) is 12.8. The Bertz CT molecular complexity index is 903. The highest BCUT2D eigenvalue weighted by molar-refractivity contribution is 7.92. The van der Waals surface area contributed by atoms with Crippen molar-refractivity contribution in [2.75, 3.05) is 0 Å². The molecule has 0 fully saturated rings. The summed E-state index contributed by atoms with van der Waals surface area (Å²) in [4.78, 5) is 4.26. The van der Waals surface area contributed by atoms with Crippen LogP contribution in [0.15, 0.2) is 72.5 Å². The van der Waals surface area contributed by atoms with E-state index in [9.17, 15) is 8.42 Å². The van der Waals surface area contributed by atoms with E-state index in [0.29, 0.717) is 5.82 Å². The molecular weight excluding hydrogens is 324 g/mol. The number of benzene rings is 1. The van der Waals surface area contributed by atoms with Crippen LogP contribution in [0.1, 0.15) is 11.1 Å². The first-order valence-electron chi connectivity index (χ1n) is 7.30. The molecule has 3 rings (SSSR count). The topological polar surface area (TPSA) is 76.9 Å². The lowest BCUT2D eigenvalue weighted by Crippen LogP contribution is -2.20. The molecule has 3 aromatic rings. The van der Waals surface area contributed by atoms with E-state index in [4.69, 9.17) is 0 Å². The fourth-order valence-electron chi connectivity index (χ4n) is 2.03. The lowest BCUT2D eigenvalue weighted by molar-refractivity contribution is 0.590. The summed E-state index contributed by atoms with van der Waals surface area (Å²) in [6.45, 7) is 0.174. The van der Waals surface area contributed by atoms with Gasteiger partial charge in [0.25, 0.3) is 0 Å². The molecular formula is C17H16N4O2S. The maximum Gasteiger partial charge on any atom is 0.234 e. The number of aromatic nitrogens is 3. The number of pyridine rings is 1. The molecule has 6 nitrogen and oxygen atoms in total. The van der Waals surface area contributed by atoms with Crippen molar-refractivity contribution in [1.82, 2.24) is 19.5 Å². The van der Waals surface area contributed by atoms with E-state index in [1.165, 1.54) is 0 Å². The molecule has 0 saturated carbocycles. The summed E-state index contributed by atoms with van der Waals surface area (Å²) in [5.41, 5.74) is 1.59. The Morgan fingerprint density at radius 2 is 1.92 bits per heavy atom.